The molecule has 0 saturated carbocycles. The van der Waals surface area contributed by atoms with Crippen molar-refractivity contribution in [2.45, 2.75) is 19.3 Å². The van der Waals surface area contributed by atoms with Crippen LogP contribution in [0.1, 0.15) is 29.0 Å². The monoisotopic (exact) mass is 311 g/mol. The average Bonchev–Trinajstić information content (AvgIpc) is 2.59. The minimum atomic E-state index is -0.453. The van der Waals surface area contributed by atoms with Gasteiger partial charge in [0.05, 0.1) is 7.11 Å². The van der Waals surface area contributed by atoms with E-state index in [4.69, 9.17) is 0 Å². The lowest BCUT2D eigenvalue weighted by molar-refractivity contribution is -0.141. The molecular weight excluding hydrogens is 290 g/mol. The molecule has 1 atom stereocenters. The molecule has 0 aliphatic rings. The summed E-state index contributed by atoms with van der Waals surface area (Å²) in [7, 11) is 1.30. The zero-order chi connectivity index (χ0) is 16.7. The van der Waals surface area contributed by atoms with Gasteiger partial charge < -0.3 is 10.1 Å². The molecule has 120 valence electrons. The Balaban J connectivity index is 2.20. The first-order valence-corrected chi connectivity index (χ1v) is 7.55. The highest BCUT2D eigenvalue weighted by molar-refractivity contribution is 5.82. The highest BCUT2D eigenvalue weighted by atomic mass is 16.5. The molecule has 0 unspecified atom stereocenters. The van der Waals surface area contributed by atoms with E-state index in [1.54, 1.807) is 0 Å². The van der Waals surface area contributed by atoms with E-state index in [0.717, 1.165) is 16.7 Å². The number of esters is 1. The van der Waals surface area contributed by atoms with Crippen molar-refractivity contribution >= 4 is 11.9 Å². The van der Waals surface area contributed by atoms with Gasteiger partial charge in [-0.2, -0.15) is 0 Å². The molecule has 0 saturated heterocycles. The Bertz CT molecular complexity index is 667. The van der Waals surface area contributed by atoms with Gasteiger partial charge in [0.1, 0.15) is 6.54 Å². The minimum absolute atomic E-state index is 0.0463. The summed E-state index contributed by atoms with van der Waals surface area (Å²) in [5.74, 6) is -0.673. The van der Waals surface area contributed by atoms with Gasteiger partial charge in [-0.1, -0.05) is 54.6 Å². The SMILES string of the molecule is COC(=O)CNC(=O)C[C@H](c1ccccc1)c1ccccc1C. The maximum Gasteiger partial charge on any atom is 0.325 e. The lowest BCUT2D eigenvalue weighted by atomic mass is 9.86. The van der Waals surface area contributed by atoms with E-state index in [9.17, 15) is 9.59 Å². The largest absolute Gasteiger partial charge is 0.468 e. The quantitative estimate of drug-likeness (QED) is 0.835. The molecule has 0 spiro atoms. The summed E-state index contributed by atoms with van der Waals surface area (Å²) >= 11 is 0. The number of hydrogen-bond acceptors (Lipinski definition) is 3. The molecule has 1 amide bonds. The topological polar surface area (TPSA) is 55.4 Å². The fourth-order valence-electron chi connectivity index (χ4n) is 2.57. The van der Waals surface area contributed by atoms with Gasteiger partial charge in [-0.05, 0) is 23.6 Å². The summed E-state index contributed by atoms with van der Waals surface area (Å²) in [6, 6.07) is 18.0. The Morgan fingerprint density at radius 1 is 1.04 bits per heavy atom. The second-order valence-electron chi connectivity index (χ2n) is 5.38. The smallest absolute Gasteiger partial charge is 0.325 e. The fourth-order valence-corrected chi connectivity index (χ4v) is 2.57. The summed E-state index contributed by atoms with van der Waals surface area (Å²) in [6.07, 6.45) is 0.284. The van der Waals surface area contributed by atoms with Crippen molar-refractivity contribution in [1.82, 2.24) is 5.32 Å². The first kappa shape index (κ1) is 16.7. The van der Waals surface area contributed by atoms with E-state index in [2.05, 4.69) is 10.1 Å². The van der Waals surface area contributed by atoms with Crippen LogP contribution in [0, 0.1) is 6.92 Å². The van der Waals surface area contributed by atoms with Crippen molar-refractivity contribution in [2.24, 2.45) is 0 Å². The van der Waals surface area contributed by atoms with Gasteiger partial charge in [0.15, 0.2) is 0 Å². The van der Waals surface area contributed by atoms with Crippen LogP contribution in [0.2, 0.25) is 0 Å². The van der Waals surface area contributed by atoms with Gasteiger partial charge in [-0.3, -0.25) is 9.59 Å². The second-order valence-corrected chi connectivity index (χ2v) is 5.38. The molecule has 1 N–H and O–H groups in total. The highest BCUT2D eigenvalue weighted by Gasteiger charge is 2.20. The Morgan fingerprint density at radius 3 is 2.35 bits per heavy atom. The van der Waals surface area contributed by atoms with E-state index < -0.39 is 5.97 Å². The summed E-state index contributed by atoms with van der Waals surface area (Å²) in [4.78, 5) is 23.4. The predicted molar refractivity (Wildman–Crippen MR) is 89.1 cm³/mol. The van der Waals surface area contributed by atoms with Gasteiger partial charge in [-0.25, -0.2) is 0 Å². The molecule has 0 aliphatic heterocycles. The third kappa shape index (κ3) is 4.68. The van der Waals surface area contributed by atoms with Crippen molar-refractivity contribution in [3.8, 4) is 0 Å². The van der Waals surface area contributed by atoms with Crippen molar-refractivity contribution in [3.05, 3.63) is 71.3 Å². The van der Waals surface area contributed by atoms with Crippen LogP contribution < -0.4 is 5.32 Å². The second kappa shape index (κ2) is 8.13. The number of carbonyl (C=O) groups excluding carboxylic acids is 2. The molecule has 0 bridgehead atoms. The van der Waals surface area contributed by atoms with Crippen LogP contribution in [0.5, 0.6) is 0 Å². The third-order valence-electron chi connectivity index (χ3n) is 3.81. The number of benzene rings is 2. The number of hydrogen-bond donors (Lipinski definition) is 1. The van der Waals surface area contributed by atoms with Crippen molar-refractivity contribution in [2.75, 3.05) is 13.7 Å². The fraction of sp³-hybridized carbons (Fsp3) is 0.263. The first-order chi connectivity index (χ1) is 11.1. The Morgan fingerprint density at radius 2 is 1.70 bits per heavy atom. The van der Waals surface area contributed by atoms with Crippen LogP contribution in [-0.4, -0.2) is 25.5 Å². The number of amides is 1. The molecule has 0 fully saturated rings. The van der Waals surface area contributed by atoms with Crippen LogP contribution in [0.4, 0.5) is 0 Å². The Hall–Kier alpha value is -2.62. The minimum Gasteiger partial charge on any atom is -0.468 e. The molecule has 0 aliphatic carbocycles. The van der Waals surface area contributed by atoms with E-state index in [-0.39, 0.29) is 24.8 Å². The van der Waals surface area contributed by atoms with Gasteiger partial charge in [0.25, 0.3) is 0 Å². The molecule has 4 heteroatoms. The summed E-state index contributed by atoms with van der Waals surface area (Å²) in [6.45, 7) is 1.93. The lowest BCUT2D eigenvalue weighted by Gasteiger charge is -2.19. The van der Waals surface area contributed by atoms with Crippen LogP contribution in [0.15, 0.2) is 54.6 Å². The van der Waals surface area contributed by atoms with Crippen LogP contribution in [-0.2, 0) is 14.3 Å². The molecule has 0 radical (unpaired) electrons. The van der Waals surface area contributed by atoms with E-state index in [0.29, 0.717) is 0 Å². The predicted octanol–water partition coefficient (Wildman–Crippen LogP) is 2.81. The molecular formula is C19H21NO3. The van der Waals surface area contributed by atoms with Crippen LogP contribution in [0.25, 0.3) is 0 Å². The van der Waals surface area contributed by atoms with Gasteiger partial charge in [0.2, 0.25) is 5.91 Å². The lowest BCUT2D eigenvalue weighted by Crippen LogP contribution is -2.31. The molecule has 23 heavy (non-hydrogen) atoms. The van der Waals surface area contributed by atoms with Gasteiger partial charge >= 0.3 is 5.97 Å². The summed E-state index contributed by atoms with van der Waals surface area (Å²) < 4.78 is 4.54. The molecule has 0 aromatic heterocycles. The van der Waals surface area contributed by atoms with Crippen molar-refractivity contribution < 1.29 is 14.3 Å². The standard InChI is InChI=1S/C19H21NO3/c1-14-8-6-7-11-16(14)17(15-9-4-3-5-10-15)12-18(21)20-13-19(22)23-2/h3-11,17H,12-13H2,1-2H3,(H,20,21)/t17-/m1/s1. The van der Waals surface area contributed by atoms with Gasteiger partial charge in [-0.15, -0.1) is 0 Å². The number of nitrogens with one attached hydrogen (secondary N) is 1. The Labute approximate surface area is 136 Å². The maximum absolute atomic E-state index is 12.2. The summed E-state index contributed by atoms with van der Waals surface area (Å²) in [5, 5.41) is 2.61. The number of methoxy groups -OCH3 is 1. The molecule has 0 heterocycles. The number of rotatable bonds is 6. The number of ether oxygens (including phenoxy) is 1. The highest BCUT2D eigenvalue weighted by Crippen LogP contribution is 2.30. The molecule has 4 nitrogen and oxygen atoms in total. The van der Waals surface area contributed by atoms with E-state index >= 15 is 0 Å². The molecule has 2 aromatic rings. The average molecular weight is 311 g/mol. The van der Waals surface area contributed by atoms with Crippen LogP contribution in [0.3, 0.4) is 0 Å². The summed E-state index contributed by atoms with van der Waals surface area (Å²) in [5.41, 5.74) is 3.34. The molecule has 2 aromatic carbocycles. The Kier molecular flexibility index (Phi) is 5.92. The third-order valence-corrected chi connectivity index (χ3v) is 3.81. The first-order valence-electron chi connectivity index (χ1n) is 7.55. The maximum atomic E-state index is 12.2. The van der Waals surface area contributed by atoms with Crippen LogP contribution >= 0.6 is 0 Å². The zero-order valence-corrected chi connectivity index (χ0v) is 13.4. The number of carbonyl (C=O) groups is 2. The van der Waals surface area contributed by atoms with Gasteiger partial charge in [0, 0.05) is 12.3 Å². The van der Waals surface area contributed by atoms with E-state index in [1.165, 1.54) is 7.11 Å². The zero-order valence-electron chi connectivity index (χ0n) is 13.4. The molecule has 2 rings (SSSR count). The van der Waals surface area contributed by atoms with Crippen molar-refractivity contribution in [3.63, 3.8) is 0 Å². The number of aryl methyl sites for hydroxylation is 1. The van der Waals surface area contributed by atoms with Crippen molar-refractivity contribution in [1.29, 1.82) is 0 Å². The normalized spacial score (nSPS) is 11.6. The van der Waals surface area contributed by atoms with E-state index in [1.807, 2.05) is 61.5 Å².